The molecule has 3 aromatic rings. The number of aromatic nitrogens is 1. The first kappa shape index (κ1) is 26.2. The minimum Gasteiger partial charge on any atom is -0.385 e. The molecule has 0 radical (unpaired) electrons. The minimum absolute atomic E-state index is 0.0177. The molecule has 0 aliphatic carbocycles. The van der Waals surface area contributed by atoms with E-state index in [4.69, 9.17) is 4.74 Å². The van der Waals surface area contributed by atoms with Crippen molar-refractivity contribution in [1.29, 1.82) is 0 Å². The van der Waals surface area contributed by atoms with Gasteiger partial charge in [-0.3, -0.25) is 9.59 Å². The fraction of sp³-hybridized carbons (Fsp3) is 0.379. The summed E-state index contributed by atoms with van der Waals surface area (Å²) in [6.07, 6.45) is 3.96. The second-order valence-corrected chi connectivity index (χ2v) is 8.76. The lowest BCUT2D eigenvalue weighted by Gasteiger charge is -2.28. The Balaban J connectivity index is 1.78. The molecule has 0 aliphatic rings. The zero-order valence-electron chi connectivity index (χ0n) is 20.9. The molecule has 35 heavy (non-hydrogen) atoms. The van der Waals surface area contributed by atoms with Gasteiger partial charge >= 0.3 is 0 Å². The van der Waals surface area contributed by atoms with Gasteiger partial charge in [0.25, 0.3) is 0 Å². The highest BCUT2D eigenvalue weighted by atomic mass is 16.5. The number of benzene rings is 2. The smallest absolute Gasteiger partial charge is 0.242 e. The normalized spacial score (nSPS) is 10.8. The summed E-state index contributed by atoms with van der Waals surface area (Å²) >= 11 is 0. The van der Waals surface area contributed by atoms with Crippen LogP contribution in [-0.4, -0.2) is 53.0 Å². The second-order valence-electron chi connectivity index (χ2n) is 8.76. The fourth-order valence-corrected chi connectivity index (χ4v) is 4.09. The molecule has 0 saturated carbocycles. The number of amides is 2. The van der Waals surface area contributed by atoms with Gasteiger partial charge in [0.2, 0.25) is 11.8 Å². The first-order valence-corrected chi connectivity index (χ1v) is 12.4. The Morgan fingerprint density at radius 1 is 0.829 bits per heavy atom. The van der Waals surface area contributed by atoms with Gasteiger partial charge in [-0.2, -0.15) is 0 Å². The summed E-state index contributed by atoms with van der Waals surface area (Å²) < 4.78 is 7.34. The summed E-state index contributed by atoms with van der Waals surface area (Å²) in [5.41, 5.74) is 3.33. The highest BCUT2D eigenvalue weighted by Gasteiger charge is 2.22. The van der Waals surface area contributed by atoms with Crippen LogP contribution in [0.2, 0.25) is 0 Å². The Morgan fingerprint density at radius 3 is 2.17 bits per heavy atom. The summed E-state index contributed by atoms with van der Waals surface area (Å²) in [7, 11) is 1.65. The van der Waals surface area contributed by atoms with Gasteiger partial charge < -0.3 is 19.1 Å². The Kier molecular flexibility index (Phi) is 10.6. The van der Waals surface area contributed by atoms with E-state index in [0.717, 1.165) is 24.2 Å². The standard InChI is InChI=1S/C29H37N3O3/c1-3-12-28(33)31(19-11-20-35-2)24-29(34)32(22-26-15-8-5-9-16-26)23-27-17-10-18-30(27)21-25-13-6-4-7-14-25/h4-10,13-18H,3,11-12,19-24H2,1-2H3. The lowest BCUT2D eigenvalue weighted by atomic mass is 10.2. The molecular formula is C29H37N3O3. The number of hydrogen-bond donors (Lipinski definition) is 0. The van der Waals surface area contributed by atoms with Crippen molar-refractivity contribution in [2.24, 2.45) is 0 Å². The van der Waals surface area contributed by atoms with Crippen molar-refractivity contribution >= 4 is 11.8 Å². The van der Waals surface area contributed by atoms with Gasteiger partial charge in [0.05, 0.1) is 13.1 Å². The van der Waals surface area contributed by atoms with E-state index in [-0.39, 0.29) is 18.4 Å². The monoisotopic (exact) mass is 475 g/mol. The van der Waals surface area contributed by atoms with Crippen molar-refractivity contribution in [3.05, 3.63) is 95.8 Å². The van der Waals surface area contributed by atoms with Gasteiger partial charge in [0, 0.05) is 51.7 Å². The van der Waals surface area contributed by atoms with Gasteiger partial charge in [-0.25, -0.2) is 0 Å². The molecule has 0 unspecified atom stereocenters. The van der Waals surface area contributed by atoms with Crippen molar-refractivity contribution in [2.45, 2.75) is 45.8 Å². The highest BCUT2D eigenvalue weighted by molar-refractivity contribution is 5.84. The number of ether oxygens (including phenoxy) is 1. The van der Waals surface area contributed by atoms with Crippen molar-refractivity contribution in [3.63, 3.8) is 0 Å². The quantitative estimate of drug-likeness (QED) is 0.317. The van der Waals surface area contributed by atoms with E-state index in [9.17, 15) is 9.59 Å². The van der Waals surface area contributed by atoms with Gasteiger partial charge in [0.15, 0.2) is 0 Å². The van der Waals surface area contributed by atoms with Crippen molar-refractivity contribution in [2.75, 3.05) is 26.8 Å². The lowest BCUT2D eigenvalue weighted by Crippen LogP contribution is -2.43. The van der Waals surface area contributed by atoms with Crippen LogP contribution in [0.25, 0.3) is 0 Å². The molecule has 0 saturated heterocycles. The van der Waals surface area contributed by atoms with E-state index in [0.29, 0.717) is 39.1 Å². The van der Waals surface area contributed by atoms with Crippen LogP contribution in [0.4, 0.5) is 0 Å². The van der Waals surface area contributed by atoms with Crippen molar-refractivity contribution in [1.82, 2.24) is 14.4 Å². The van der Waals surface area contributed by atoms with E-state index in [2.05, 4.69) is 29.0 Å². The Morgan fingerprint density at radius 2 is 1.51 bits per heavy atom. The molecule has 0 N–H and O–H groups in total. The third-order valence-electron chi connectivity index (χ3n) is 5.96. The van der Waals surface area contributed by atoms with E-state index in [1.807, 2.05) is 66.4 Å². The van der Waals surface area contributed by atoms with Crippen LogP contribution in [0, 0.1) is 0 Å². The second kappa shape index (κ2) is 14.1. The van der Waals surface area contributed by atoms with Crippen molar-refractivity contribution < 1.29 is 14.3 Å². The van der Waals surface area contributed by atoms with E-state index < -0.39 is 0 Å². The molecule has 186 valence electrons. The number of rotatable bonds is 14. The van der Waals surface area contributed by atoms with Crippen molar-refractivity contribution in [3.8, 4) is 0 Å². The molecular weight excluding hydrogens is 438 g/mol. The largest absolute Gasteiger partial charge is 0.385 e. The zero-order valence-corrected chi connectivity index (χ0v) is 20.9. The van der Waals surface area contributed by atoms with E-state index in [1.54, 1.807) is 12.0 Å². The molecule has 0 bridgehead atoms. The van der Waals surface area contributed by atoms with Gasteiger partial charge in [0.1, 0.15) is 0 Å². The molecule has 0 fully saturated rings. The Hall–Kier alpha value is -3.38. The molecule has 0 spiro atoms. The average molecular weight is 476 g/mol. The third-order valence-corrected chi connectivity index (χ3v) is 5.96. The molecule has 3 rings (SSSR count). The van der Waals surface area contributed by atoms with Crippen LogP contribution < -0.4 is 0 Å². The summed E-state index contributed by atoms with van der Waals surface area (Å²) in [5, 5.41) is 0. The molecule has 6 heteroatoms. The molecule has 6 nitrogen and oxygen atoms in total. The number of hydrogen-bond acceptors (Lipinski definition) is 3. The summed E-state index contributed by atoms with van der Waals surface area (Å²) in [5.74, 6) is -0.0350. The molecule has 0 atom stereocenters. The first-order valence-electron chi connectivity index (χ1n) is 12.4. The minimum atomic E-state index is -0.0526. The van der Waals surface area contributed by atoms with Gasteiger partial charge in [-0.15, -0.1) is 0 Å². The summed E-state index contributed by atoms with van der Waals surface area (Å²) in [6.45, 7) is 4.84. The molecule has 1 aromatic heterocycles. The molecule has 0 aliphatic heterocycles. The SMILES string of the molecule is CCCC(=O)N(CCCOC)CC(=O)N(Cc1ccccc1)Cc1cccn1Cc1ccccc1. The average Bonchev–Trinajstić information content (AvgIpc) is 3.30. The number of carbonyl (C=O) groups excluding carboxylic acids is 2. The lowest BCUT2D eigenvalue weighted by molar-refractivity contribution is -0.141. The molecule has 2 amide bonds. The van der Waals surface area contributed by atoms with Crippen LogP contribution in [0.3, 0.4) is 0 Å². The maximum atomic E-state index is 13.6. The summed E-state index contributed by atoms with van der Waals surface area (Å²) in [6, 6.07) is 24.4. The van der Waals surface area contributed by atoms with Crippen LogP contribution in [0.1, 0.15) is 43.0 Å². The maximum absolute atomic E-state index is 13.6. The van der Waals surface area contributed by atoms with Gasteiger partial charge in [-0.1, -0.05) is 67.6 Å². The van der Waals surface area contributed by atoms with E-state index >= 15 is 0 Å². The van der Waals surface area contributed by atoms with Crippen LogP contribution in [-0.2, 0) is 34.0 Å². The predicted octanol–water partition coefficient (Wildman–Crippen LogP) is 4.73. The Labute approximate surface area is 209 Å². The number of methoxy groups -OCH3 is 1. The van der Waals surface area contributed by atoms with E-state index in [1.165, 1.54) is 5.56 Å². The topological polar surface area (TPSA) is 54.8 Å². The van der Waals surface area contributed by atoms with Crippen LogP contribution in [0.5, 0.6) is 0 Å². The maximum Gasteiger partial charge on any atom is 0.242 e. The van der Waals surface area contributed by atoms with Crippen LogP contribution in [0.15, 0.2) is 79.0 Å². The number of nitrogens with zero attached hydrogens (tertiary/aromatic N) is 3. The van der Waals surface area contributed by atoms with Crippen LogP contribution >= 0.6 is 0 Å². The highest BCUT2D eigenvalue weighted by Crippen LogP contribution is 2.15. The molecule has 1 heterocycles. The zero-order chi connectivity index (χ0) is 24.9. The predicted molar refractivity (Wildman–Crippen MR) is 139 cm³/mol. The first-order chi connectivity index (χ1) is 17.1. The molecule has 2 aromatic carbocycles. The number of carbonyl (C=O) groups is 2. The third kappa shape index (κ3) is 8.41. The summed E-state index contributed by atoms with van der Waals surface area (Å²) in [4.78, 5) is 29.9. The Bertz CT molecular complexity index is 1030. The fourth-order valence-electron chi connectivity index (χ4n) is 4.09. The van der Waals surface area contributed by atoms with Gasteiger partial charge in [-0.05, 0) is 36.1 Å².